The summed E-state index contributed by atoms with van der Waals surface area (Å²) in [7, 11) is 3.01. The van der Waals surface area contributed by atoms with Gasteiger partial charge in [-0.05, 0) is 28.7 Å². The molecule has 0 heterocycles. The van der Waals surface area contributed by atoms with Crippen LogP contribution in [0.5, 0.6) is 11.5 Å². The van der Waals surface area contributed by atoms with Crippen LogP contribution in [0.3, 0.4) is 0 Å². The summed E-state index contributed by atoms with van der Waals surface area (Å²) in [6, 6.07) is 9.06. The Bertz CT molecular complexity index is 741. The van der Waals surface area contributed by atoms with Gasteiger partial charge in [0.2, 0.25) is 0 Å². The Morgan fingerprint density at radius 1 is 1.13 bits per heavy atom. The Hall–Kier alpha value is -2.36. The van der Waals surface area contributed by atoms with Crippen molar-refractivity contribution in [2.75, 3.05) is 19.5 Å². The van der Waals surface area contributed by atoms with Gasteiger partial charge in [0, 0.05) is 39.6 Å². The Morgan fingerprint density at radius 2 is 1.74 bits per heavy atom. The van der Waals surface area contributed by atoms with Crippen LogP contribution >= 0.6 is 22.6 Å². The number of nitro benzene ring substituents is 1. The maximum atomic E-state index is 12.4. The fourth-order valence-corrected chi connectivity index (χ4v) is 2.46. The van der Waals surface area contributed by atoms with Crippen LogP contribution in [-0.2, 0) is 0 Å². The van der Waals surface area contributed by atoms with Gasteiger partial charge in [0.25, 0.3) is 11.6 Å². The van der Waals surface area contributed by atoms with Gasteiger partial charge < -0.3 is 14.8 Å². The highest BCUT2D eigenvalue weighted by Gasteiger charge is 2.16. The molecule has 2 aromatic carbocycles. The molecule has 2 aromatic rings. The lowest BCUT2D eigenvalue weighted by molar-refractivity contribution is -0.384. The first-order chi connectivity index (χ1) is 10.9. The topological polar surface area (TPSA) is 90.7 Å². The van der Waals surface area contributed by atoms with Gasteiger partial charge in [0.1, 0.15) is 11.5 Å². The molecule has 0 atom stereocenters. The number of non-ortho nitro benzene ring substituents is 1. The van der Waals surface area contributed by atoms with Crippen molar-refractivity contribution in [3.8, 4) is 11.5 Å². The molecule has 1 amide bonds. The van der Waals surface area contributed by atoms with Crippen LogP contribution in [0.15, 0.2) is 36.4 Å². The van der Waals surface area contributed by atoms with Gasteiger partial charge in [0.15, 0.2) is 0 Å². The van der Waals surface area contributed by atoms with E-state index in [-0.39, 0.29) is 11.3 Å². The molecule has 0 saturated carbocycles. The molecule has 7 nitrogen and oxygen atoms in total. The molecule has 1 N–H and O–H groups in total. The normalized spacial score (nSPS) is 10.0. The average Bonchev–Trinajstić information content (AvgIpc) is 2.54. The number of halogens is 1. The first-order valence-electron chi connectivity index (χ1n) is 6.43. The van der Waals surface area contributed by atoms with E-state index in [1.807, 2.05) is 22.6 Å². The Balaban J connectivity index is 2.32. The van der Waals surface area contributed by atoms with Crippen molar-refractivity contribution in [3.63, 3.8) is 0 Å². The number of carbonyl (C=O) groups is 1. The van der Waals surface area contributed by atoms with Gasteiger partial charge in [0.05, 0.1) is 24.7 Å². The molecule has 0 bridgehead atoms. The quantitative estimate of drug-likeness (QED) is 0.448. The number of benzene rings is 2. The van der Waals surface area contributed by atoms with Crippen LogP contribution in [0.4, 0.5) is 11.4 Å². The summed E-state index contributed by atoms with van der Waals surface area (Å²) in [4.78, 5) is 22.7. The molecule has 0 radical (unpaired) electrons. The van der Waals surface area contributed by atoms with Gasteiger partial charge in [-0.3, -0.25) is 14.9 Å². The van der Waals surface area contributed by atoms with E-state index < -0.39 is 10.8 Å². The summed E-state index contributed by atoms with van der Waals surface area (Å²) >= 11 is 1.95. The number of nitrogens with one attached hydrogen (secondary N) is 1. The van der Waals surface area contributed by atoms with Crippen LogP contribution in [-0.4, -0.2) is 25.1 Å². The number of hydrogen-bond donors (Lipinski definition) is 1. The standard InChI is InChI=1S/C15H13IN2O5/c1-22-11-5-9(6-12(8-11)23-2)17-15(19)13-7-10(18(20)21)3-4-14(13)16/h3-8H,1-2H3,(H,17,19). The molecular weight excluding hydrogens is 415 g/mol. The average molecular weight is 428 g/mol. The minimum atomic E-state index is -0.540. The second-order valence-electron chi connectivity index (χ2n) is 4.48. The Morgan fingerprint density at radius 3 is 2.26 bits per heavy atom. The highest BCUT2D eigenvalue weighted by Crippen LogP contribution is 2.27. The number of nitrogens with zero attached hydrogens (tertiary/aromatic N) is 1. The highest BCUT2D eigenvalue weighted by atomic mass is 127. The van der Waals surface area contributed by atoms with Crippen molar-refractivity contribution in [1.29, 1.82) is 0 Å². The van der Waals surface area contributed by atoms with Gasteiger partial charge in [-0.2, -0.15) is 0 Å². The summed E-state index contributed by atoms with van der Waals surface area (Å²) in [5.74, 6) is 0.593. The fourth-order valence-electron chi connectivity index (χ4n) is 1.88. The van der Waals surface area contributed by atoms with Crippen molar-refractivity contribution in [2.45, 2.75) is 0 Å². The van der Waals surface area contributed by atoms with Crippen molar-refractivity contribution in [1.82, 2.24) is 0 Å². The first-order valence-corrected chi connectivity index (χ1v) is 7.51. The first kappa shape index (κ1) is 17.0. The molecule has 0 spiro atoms. The van der Waals surface area contributed by atoms with Gasteiger partial charge in [-0.15, -0.1) is 0 Å². The number of carbonyl (C=O) groups excluding carboxylic acids is 1. The van der Waals surface area contributed by atoms with Crippen LogP contribution in [0.25, 0.3) is 0 Å². The summed E-state index contributed by atoms with van der Waals surface area (Å²) in [6.07, 6.45) is 0. The number of rotatable bonds is 5. The van der Waals surface area contributed by atoms with Crippen molar-refractivity contribution < 1.29 is 19.2 Å². The van der Waals surface area contributed by atoms with Crippen LogP contribution in [0.2, 0.25) is 0 Å². The molecule has 0 aliphatic rings. The molecule has 0 aromatic heterocycles. The number of nitro groups is 1. The maximum absolute atomic E-state index is 12.4. The van der Waals surface area contributed by atoms with Crippen molar-refractivity contribution in [2.24, 2.45) is 0 Å². The van der Waals surface area contributed by atoms with E-state index in [0.29, 0.717) is 20.8 Å². The lowest BCUT2D eigenvalue weighted by atomic mass is 10.2. The van der Waals surface area contributed by atoms with Crippen LogP contribution in [0, 0.1) is 13.7 Å². The third kappa shape index (κ3) is 4.09. The predicted octanol–water partition coefficient (Wildman–Crippen LogP) is 3.47. The SMILES string of the molecule is COc1cc(NC(=O)c2cc([N+](=O)[O-])ccc2I)cc(OC)c1. The summed E-state index contributed by atoms with van der Waals surface area (Å²) in [5, 5.41) is 13.5. The Kier molecular flexibility index (Phi) is 5.37. The zero-order valence-electron chi connectivity index (χ0n) is 12.3. The van der Waals surface area contributed by atoms with E-state index >= 15 is 0 Å². The molecule has 0 aliphatic heterocycles. The van der Waals surface area contributed by atoms with E-state index in [1.54, 1.807) is 18.2 Å². The minimum absolute atomic E-state index is 0.140. The smallest absolute Gasteiger partial charge is 0.270 e. The van der Waals surface area contributed by atoms with Crippen LogP contribution < -0.4 is 14.8 Å². The number of methoxy groups -OCH3 is 2. The second-order valence-corrected chi connectivity index (χ2v) is 5.64. The molecule has 0 fully saturated rings. The van der Waals surface area contributed by atoms with E-state index in [0.717, 1.165) is 0 Å². The number of amides is 1. The van der Waals surface area contributed by atoms with E-state index in [9.17, 15) is 14.9 Å². The van der Waals surface area contributed by atoms with E-state index in [2.05, 4.69) is 5.32 Å². The monoisotopic (exact) mass is 428 g/mol. The van der Waals surface area contributed by atoms with E-state index in [4.69, 9.17) is 9.47 Å². The zero-order valence-corrected chi connectivity index (χ0v) is 14.5. The third-order valence-electron chi connectivity index (χ3n) is 3.01. The number of ether oxygens (including phenoxy) is 2. The summed E-state index contributed by atoms with van der Waals surface area (Å²) in [6.45, 7) is 0. The van der Waals surface area contributed by atoms with Gasteiger partial charge in [-0.1, -0.05) is 0 Å². The number of hydrogen-bond acceptors (Lipinski definition) is 5. The lowest BCUT2D eigenvalue weighted by Crippen LogP contribution is -2.14. The van der Waals surface area contributed by atoms with Crippen molar-refractivity contribution in [3.05, 3.63) is 55.6 Å². The minimum Gasteiger partial charge on any atom is -0.497 e. The van der Waals surface area contributed by atoms with Gasteiger partial charge >= 0.3 is 0 Å². The second kappa shape index (κ2) is 7.27. The van der Waals surface area contributed by atoms with Gasteiger partial charge in [-0.25, -0.2) is 0 Å². The molecule has 23 heavy (non-hydrogen) atoms. The zero-order chi connectivity index (χ0) is 17.0. The van der Waals surface area contributed by atoms with Crippen LogP contribution in [0.1, 0.15) is 10.4 Å². The molecule has 120 valence electrons. The molecule has 0 saturated heterocycles. The predicted molar refractivity (Wildman–Crippen MR) is 93.3 cm³/mol. The largest absolute Gasteiger partial charge is 0.497 e. The fraction of sp³-hybridized carbons (Fsp3) is 0.133. The van der Waals surface area contributed by atoms with E-state index in [1.165, 1.54) is 32.4 Å². The number of anilines is 1. The maximum Gasteiger partial charge on any atom is 0.270 e. The Labute approximate surface area is 145 Å². The lowest BCUT2D eigenvalue weighted by Gasteiger charge is -2.10. The molecule has 8 heteroatoms. The molecule has 0 aliphatic carbocycles. The molecular formula is C15H13IN2O5. The van der Waals surface area contributed by atoms with Crippen molar-refractivity contribution >= 4 is 39.9 Å². The molecule has 0 unspecified atom stereocenters. The third-order valence-corrected chi connectivity index (χ3v) is 3.96. The summed E-state index contributed by atoms with van der Waals surface area (Å²) < 4.78 is 10.9. The summed E-state index contributed by atoms with van der Waals surface area (Å²) in [5.41, 5.74) is 0.550. The molecule has 2 rings (SSSR count). The highest BCUT2D eigenvalue weighted by molar-refractivity contribution is 14.1.